The van der Waals surface area contributed by atoms with Crippen LogP contribution < -0.4 is 4.74 Å². The zero-order valence-electron chi connectivity index (χ0n) is 10.6. The molecule has 0 amide bonds. The highest BCUT2D eigenvalue weighted by molar-refractivity contribution is 6.32. The van der Waals surface area contributed by atoms with E-state index in [-0.39, 0.29) is 23.1 Å². The van der Waals surface area contributed by atoms with Crippen molar-refractivity contribution in [1.29, 1.82) is 0 Å². The molecule has 2 aromatic carbocycles. The molecule has 2 aromatic rings. The van der Waals surface area contributed by atoms with Crippen molar-refractivity contribution in [2.24, 2.45) is 0 Å². The molecule has 6 heteroatoms. The SMILES string of the molecule is Cc1ccc(F)c(OCc2ccc(Cl)c([N+](=O)[O-])c2)c1. The first kappa shape index (κ1) is 14.3. The first-order valence-corrected chi connectivity index (χ1v) is 6.17. The van der Waals surface area contributed by atoms with Gasteiger partial charge in [-0.2, -0.15) is 0 Å². The summed E-state index contributed by atoms with van der Waals surface area (Å²) in [5.74, 6) is -0.360. The molecule has 0 N–H and O–H groups in total. The third-order valence-electron chi connectivity index (χ3n) is 2.69. The second-order valence-corrected chi connectivity index (χ2v) is 4.67. The van der Waals surface area contributed by atoms with Gasteiger partial charge in [0.15, 0.2) is 11.6 Å². The second-order valence-electron chi connectivity index (χ2n) is 4.27. The number of nitro groups is 1. The molecule has 0 heterocycles. The predicted molar refractivity (Wildman–Crippen MR) is 73.6 cm³/mol. The molecule has 0 unspecified atom stereocenters. The van der Waals surface area contributed by atoms with Crippen molar-refractivity contribution in [2.45, 2.75) is 13.5 Å². The summed E-state index contributed by atoms with van der Waals surface area (Å²) in [6.45, 7) is 1.85. The second kappa shape index (κ2) is 5.88. The third-order valence-corrected chi connectivity index (χ3v) is 3.01. The first-order chi connectivity index (χ1) is 9.47. The molecule has 0 aliphatic rings. The predicted octanol–water partition coefficient (Wildman–Crippen LogP) is 4.27. The average Bonchev–Trinajstić information content (AvgIpc) is 2.41. The van der Waals surface area contributed by atoms with Crippen molar-refractivity contribution >= 4 is 17.3 Å². The van der Waals surface area contributed by atoms with E-state index in [0.29, 0.717) is 5.56 Å². The minimum atomic E-state index is -0.570. The Balaban J connectivity index is 2.17. The monoisotopic (exact) mass is 295 g/mol. The van der Waals surface area contributed by atoms with E-state index in [2.05, 4.69) is 0 Å². The van der Waals surface area contributed by atoms with E-state index >= 15 is 0 Å². The van der Waals surface area contributed by atoms with E-state index in [1.54, 1.807) is 18.2 Å². The number of ether oxygens (including phenoxy) is 1. The summed E-state index contributed by atoms with van der Waals surface area (Å²) in [4.78, 5) is 10.2. The van der Waals surface area contributed by atoms with Crippen molar-refractivity contribution in [3.05, 3.63) is 68.5 Å². The summed E-state index contributed by atoms with van der Waals surface area (Å²) < 4.78 is 18.8. The standard InChI is InChI=1S/C14H11ClFNO3/c1-9-2-5-12(16)14(6-9)20-8-10-3-4-11(15)13(7-10)17(18)19/h2-7H,8H2,1H3. The number of nitrogens with zero attached hydrogens (tertiary/aromatic N) is 1. The van der Waals surface area contributed by atoms with Crippen molar-refractivity contribution in [3.63, 3.8) is 0 Å². The largest absolute Gasteiger partial charge is 0.486 e. The summed E-state index contributed by atoms with van der Waals surface area (Å²) in [5, 5.41) is 10.8. The molecule has 0 aliphatic heterocycles. The van der Waals surface area contributed by atoms with Crippen molar-refractivity contribution in [1.82, 2.24) is 0 Å². The first-order valence-electron chi connectivity index (χ1n) is 5.79. The van der Waals surface area contributed by atoms with Crippen LogP contribution in [0.15, 0.2) is 36.4 Å². The highest BCUT2D eigenvalue weighted by Gasteiger charge is 2.13. The van der Waals surface area contributed by atoms with Crippen LogP contribution in [0.5, 0.6) is 5.75 Å². The van der Waals surface area contributed by atoms with Crippen LogP contribution in [0.1, 0.15) is 11.1 Å². The van der Waals surface area contributed by atoms with Crippen LogP contribution in [0.25, 0.3) is 0 Å². The van der Waals surface area contributed by atoms with E-state index in [4.69, 9.17) is 16.3 Å². The van der Waals surface area contributed by atoms with Gasteiger partial charge in [-0.1, -0.05) is 23.7 Å². The van der Waals surface area contributed by atoms with Crippen molar-refractivity contribution in [2.75, 3.05) is 0 Å². The lowest BCUT2D eigenvalue weighted by Crippen LogP contribution is -1.99. The number of rotatable bonds is 4. The Hall–Kier alpha value is -2.14. The topological polar surface area (TPSA) is 52.4 Å². The smallest absolute Gasteiger partial charge is 0.288 e. The lowest BCUT2D eigenvalue weighted by Gasteiger charge is -2.08. The molecule has 2 rings (SSSR count). The summed E-state index contributed by atoms with van der Waals surface area (Å²) in [7, 11) is 0. The number of nitro benzene ring substituents is 1. The lowest BCUT2D eigenvalue weighted by molar-refractivity contribution is -0.384. The maximum absolute atomic E-state index is 13.5. The molecular weight excluding hydrogens is 285 g/mol. The molecule has 0 bridgehead atoms. The molecule has 0 spiro atoms. The molecule has 0 saturated heterocycles. The van der Waals surface area contributed by atoms with Gasteiger partial charge in [0.2, 0.25) is 0 Å². The van der Waals surface area contributed by atoms with Gasteiger partial charge in [0, 0.05) is 6.07 Å². The zero-order chi connectivity index (χ0) is 14.7. The van der Waals surface area contributed by atoms with Gasteiger partial charge in [-0.3, -0.25) is 10.1 Å². The van der Waals surface area contributed by atoms with Gasteiger partial charge in [-0.25, -0.2) is 4.39 Å². The number of hydrogen-bond donors (Lipinski definition) is 0. The molecule has 0 atom stereocenters. The highest BCUT2D eigenvalue weighted by Crippen LogP contribution is 2.26. The van der Waals surface area contributed by atoms with Gasteiger partial charge in [0.25, 0.3) is 5.69 Å². The Kier molecular flexibility index (Phi) is 4.20. The van der Waals surface area contributed by atoms with Gasteiger partial charge in [0.05, 0.1) is 4.92 Å². The quantitative estimate of drug-likeness (QED) is 0.625. The van der Waals surface area contributed by atoms with Crippen LogP contribution in [-0.2, 0) is 6.61 Å². The number of aryl methyl sites for hydroxylation is 1. The van der Waals surface area contributed by atoms with Crippen LogP contribution in [0.3, 0.4) is 0 Å². The third kappa shape index (κ3) is 3.24. The molecule has 0 saturated carbocycles. The maximum Gasteiger partial charge on any atom is 0.288 e. The molecule has 20 heavy (non-hydrogen) atoms. The molecule has 4 nitrogen and oxygen atoms in total. The minimum absolute atomic E-state index is 0.0262. The average molecular weight is 296 g/mol. The Morgan fingerprint density at radius 3 is 2.75 bits per heavy atom. The van der Waals surface area contributed by atoms with Crippen molar-refractivity contribution in [3.8, 4) is 5.75 Å². The van der Waals surface area contributed by atoms with Crippen LogP contribution in [0.2, 0.25) is 5.02 Å². The van der Waals surface area contributed by atoms with E-state index in [1.807, 2.05) is 6.92 Å². The summed E-state index contributed by atoms with van der Waals surface area (Å²) in [6, 6.07) is 8.86. The number of benzene rings is 2. The van der Waals surface area contributed by atoms with Crippen LogP contribution >= 0.6 is 11.6 Å². The van der Waals surface area contributed by atoms with E-state index < -0.39 is 10.7 Å². The molecule has 0 aromatic heterocycles. The number of hydrogen-bond acceptors (Lipinski definition) is 3. The minimum Gasteiger partial charge on any atom is -0.486 e. The van der Waals surface area contributed by atoms with E-state index in [1.165, 1.54) is 18.2 Å². The summed E-state index contributed by atoms with van der Waals surface area (Å²) in [6.07, 6.45) is 0. The van der Waals surface area contributed by atoms with Gasteiger partial charge >= 0.3 is 0 Å². The van der Waals surface area contributed by atoms with Gasteiger partial charge in [-0.05, 0) is 36.2 Å². The normalized spacial score (nSPS) is 10.3. The Bertz CT molecular complexity index is 661. The van der Waals surface area contributed by atoms with E-state index in [0.717, 1.165) is 5.56 Å². The fourth-order valence-corrected chi connectivity index (χ4v) is 1.86. The molecule has 0 aliphatic carbocycles. The summed E-state index contributed by atoms with van der Waals surface area (Å²) >= 11 is 5.71. The molecule has 0 radical (unpaired) electrons. The van der Waals surface area contributed by atoms with Gasteiger partial charge in [-0.15, -0.1) is 0 Å². The lowest BCUT2D eigenvalue weighted by atomic mass is 10.2. The number of halogens is 2. The molecular formula is C14H11ClFNO3. The van der Waals surface area contributed by atoms with E-state index in [9.17, 15) is 14.5 Å². The Morgan fingerprint density at radius 2 is 2.05 bits per heavy atom. The van der Waals surface area contributed by atoms with Crippen LogP contribution in [-0.4, -0.2) is 4.92 Å². The van der Waals surface area contributed by atoms with Crippen LogP contribution in [0, 0.1) is 22.9 Å². The fourth-order valence-electron chi connectivity index (χ4n) is 1.67. The Labute approximate surface area is 119 Å². The molecule has 0 fully saturated rings. The van der Waals surface area contributed by atoms with Gasteiger partial charge in [0.1, 0.15) is 11.6 Å². The molecule has 104 valence electrons. The highest BCUT2D eigenvalue weighted by atomic mass is 35.5. The van der Waals surface area contributed by atoms with Gasteiger partial charge < -0.3 is 4.74 Å². The van der Waals surface area contributed by atoms with Crippen LogP contribution in [0.4, 0.5) is 10.1 Å². The Morgan fingerprint density at radius 1 is 1.30 bits per heavy atom. The zero-order valence-corrected chi connectivity index (χ0v) is 11.4. The summed E-state index contributed by atoms with van der Waals surface area (Å²) in [5.41, 5.74) is 1.21. The maximum atomic E-state index is 13.5. The van der Waals surface area contributed by atoms with Crippen molar-refractivity contribution < 1.29 is 14.1 Å². The fraction of sp³-hybridized carbons (Fsp3) is 0.143.